The van der Waals surface area contributed by atoms with Gasteiger partial charge in [-0.05, 0) is 17.7 Å². The summed E-state index contributed by atoms with van der Waals surface area (Å²) in [4.78, 5) is 0.0499. The van der Waals surface area contributed by atoms with Gasteiger partial charge in [-0.3, -0.25) is 4.72 Å². The average molecular weight is 424 g/mol. The second kappa shape index (κ2) is 8.59. The maximum atomic E-state index is 12.6. The molecular weight excluding hydrogens is 406 g/mol. The number of sulfonamides is 1. The highest BCUT2D eigenvalue weighted by Crippen LogP contribution is 2.32. The number of benzene rings is 2. The summed E-state index contributed by atoms with van der Waals surface area (Å²) >= 11 is 2.69. The van der Waals surface area contributed by atoms with Gasteiger partial charge in [0.2, 0.25) is 5.13 Å². The molecule has 3 rings (SSSR count). The smallest absolute Gasteiger partial charge is 0.263 e. The van der Waals surface area contributed by atoms with Crippen LogP contribution in [0.1, 0.15) is 5.56 Å². The summed E-state index contributed by atoms with van der Waals surface area (Å²) in [6, 6.07) is 14.3. The van der Waals surface area contributed by atoms with E-state index in [2.05, 4.69) is 14.9 Å². The molecule has 0 unspecified atom stereocenters. The molecule has 0 atom stereocenters. The van der Waals surface area contributed by atoms with Gasteiger partial charge < -0.3 is 9.47 Å². The lowest BCUT2D eigenvalue weighted by molar-refractivity contribution is 0.354. The summed E-state index contributed by atoms with van der Waals surface area (Å²) in [5, 5.41) is 8.16. The Kier molecular flexibility index (Phi) is 6.19. The van der Waals surface area contributed by atoms with Gasteiger partial charge in [0, 0.05) is 11.8 Å². The molecule has 3 aromatic rings. The zero-order valence-electron chi connectivity index (χ0n) is 14.6. The molecule has 10 heteroatoms. The number of anilines is 1. The molecule has 0 radical (unpaired) electrons. The standard InChI is InChI=1S/C17H17N3O4S3/c1-23-14-9-8-13(10-15(14)24-2)27(21,22)20-16-18-19-17(26-16)25-11-12-6-4-3-5-7-12/h3-10H,11H2,1-2H3,(H,18,20). The van der Waals surface area contributed by atoms with Crippen LogP contribution in [0.25, 0.3) is 0 Å². The van der Waals surface area contributed by atoms with Crippen LogP contribution in [-0.2, 0) is 15.8 Å². The van der Waals surface area contributed by atoms with Gasteiger partial charge in [0.05, 0.1) is 19.1 Å². The molecule has 1 heterocycles. The second-order valence-electron chi connectivity index (χ2n) is 5.27. The predicted octanol–water partition coefficient (Wildman–Crippen LogP) is 3.65. The summed E-state index contributed by atoms with van der Waals surface area (Å²) in [6.45, 7) is 0. The van der Waals surface area contributed by atoms with Crippen LogP contribution in [-0.4, -0.2) is 32.8 Å². The van der Waals surface area contributed by atoms with Gasteiger partial charge in [-0.2, -0.15) is 0 Å². The summed E-state index contributed by atoms with van der Waals surface area (Å²) < 4.78 is 38.6. The minimum atomic E-state index is -3.81. The Balaban J connectivity index is 1.70. The fourth-order valence-electron chi connectivity index (χ4n) is 2.19. The van der Waals surface area contributed by atoms with Gasteiger partial charge in [0.15, 0.2) is 15.8 Å². The monoisotopic (exact) mass is 423 g/mol. The van der Waals surface area contributed by atoms with E-state index in [1.54, 1.807) is 0 Å². The predicted molar refractivity (Wildman–Crippen MR) is 106 cm³/mol. The number of aromatic nitrogens is 2. The molecule has 1 N–H and O–H groups in total. The van der Waals surface area contributed by atoms with Crippen molar-refractivity contribution in [2.75, 3.05) is 18.9 Å². The fraction of sp³-hybridized carbons (Fsp3) is 0.176. The molecule has 0 aliphatic carbocycles. The van der Waals surface area contributed by atoms with Crippen molar-refractivity contribution >= 4 is 38.3 Å². The zero-order valence-corrected chi connectivity index (χ0v) is 17.0. The van der Waals surface area contributed by atoms with Crippen LogP contribution in [0.3, 0.4) is 0 Å². The van der Waals surface area contributed by atoms with E-state index in [4.69, 9.17) is 9.47 Å². The Labute approximate surface area is 165 Å². The SMILES string of the molecule is COc1ccc(S(=O)(=O)Nc2nnc(SCc3ccccc3)s2)cc1OC. The Morgan fingerprint density at radius 2 is 1.78 bits per heavy atom. The summed E-state index contributed by atoms with van der Waals surface area (Å²) in [6.07, 6.45) is 0. The van der Waals surface area contributed by atoms with E-state index in [1.165, 1.54) is 55.5 Å². The molecule has 0 saturated carbocycles. The lowest BCUT2D eigenvalue weighted by Crippen LogP contribution is -2.13. The van der Waals surface area contributed by atoms with Gasteiger partial charge in [-0.25, -0.2) is 8.42 Å². The van der Waals surface area contributed by atoms with Gasteiger partial charge in [0.25, 0.3) is 10.0 Å². The maximum Gasteiger partial charge on any atom is 0.263 e. The number of thioether (sulfide) groups is 1. The van der Waals surface area contributed by atoms with Crippen LogP contribution < -0.4 is 14.2 Å². The van der Waals surface area contributed by atoms with Gasteiger partial charge in [-0.15, -0.1) is 10.2 Å². The second-order valence-corrected chi connectivity index (χ2v) is 9.15. The first-order valence-corrected chi connectivity index (χ1v) is 11.1. The maximum absolute atomic E-state index is 12.6. The highest BCUT2D eigenvalue weighted by Gasteiger charge is 2.19. The molecule has 142 valence electrons. The molecule has 0 bridgehead atoms. The van der Waals surface area contributed by atoms with Crippen LogP contribution in [0, 0.1) is 0 Å². The molecule has 0 fully saturated rings. The Hall–Kier alpha value is -2.30. The van der Waals surface area contributed by atoms with Crippen molar-refractivity contribution in [3.63, 3.8) is 0 Å². The number of ether oxygens (including phenoxy) is 2. The zero-order chi connectivity index (χ0) is 19.3. The van der Waals surface area contributed by atoms with E-state index in [9.17, 15) is 8.42 Å². The number of hydrogen-bond donors (Lipinski definition) is 1. The molecule has 0 aliphatic rings. The lowest BCUT2D eigenvalue weighted by atomic mass is 10.2. The number of methoxy groups -OCH3 is 2. The third-order valence-corrected chi connectivity index (χ3v) is 7.01. The van der Waals surface area contributed by atoms with Crippen molar-refractivity contribution in [1.82, 2.24) is 10.2 Å². The van der Waals surface area contributed by atoms with Crippen molar-refractivity contribution < 1.29 is 17.9 Å². The number of hydrogen-bond acceptors (Lipinski definition) is 8. The molecule has 1 aromatic heterocycles. The van der Waals surface area contributed by atoms with Crippen molar-refractivity contribution in [3.05, 3.63) is 54.1 Å². The third kappa shape index (κ3) is 4.90. The van der Waals surface area contributed by atoms with E-state index in [-0.39, 0.29) is 10.0 Å². The van der Waals surface area contributed by atoms with Crippen molar-refractivity contribution in [2.45, 2.75) is 15.0 Å². The van der Waals surface area contributed by atoms with Crippen molar-refractivity contribution in [1.29, 1.82) is 0 Å². The van der Waals surface area contributed by atoms with Gasteiger partial charge in [0.1, 0.15) is 0 Å². The van der Waals surface area contributed by atoms with Crippen LogP contribution in [0.4, 0.5) is 5.13 Å². The van der Waals surface area contributed by atoms with Gasteiger partial charge >= 0.3 is 0 Å². The normalized spacial score (nSPS) is 11.2. The molecule has 0 saturated heterocycles. The number of nitrogens with one attached hydrogen (secondary N) is 1. The summed E-state index contributed by atoms with van der Waals surface area (Å²) in [5.41, 5.74) is 1.16. The van der Waals surface area contributed by atoms with E-state index in [0.717, 1.165) is 11.3 Å². The minimum absolute atomic E-state index is 0.0499. The fourth-order valence-corrected chi connectivity index (χ4v) is 5.14. The first-order valence-electron chi connectivity index (χ1n) is 7.77. The highest BCUT2D eigenvalue weighted by atomic mass is 32.2. The van der Waals surface area contributed by atoms with Crippen LogP contribution in [0.15, 0.2) is 57.8 Å². The van der Waals surface area contributed by atoms with Gasteiger partial charge in [-0.1, -0.05) is 53.4 Å². The Morgan fingerprint density at radius 3 is 2.48 bits per heavy atom. The first-order chi connectivity index (χ1) is 13.0. The molecular formula is C17H17N3O4S3. The Bertz CT molecular complexity index is 1010. The summed E-state index contributed by atoms with van der Waals surface area (Å²) in [7, 11) is -0.878. The molecule has 2 aromatic carbocycles. The van der Waals surface area contributed by atoms with E-state index >= 15 is 0 Å². The van der Waals surface area contributed by atoms with Crippen LogP contribution >= 0.6 is 23.1 Å². The van der Waals surface area contributed by atoms with Crippen LogP contribution in [0.2, 0.25) is 0 Å². The first kappa shape index (κ1) is 19.5. The summed E-state index contributed by atoms with van der Waals surface area (Å²) in [5.74, 6) is 1.52. The molecule has 0 spiro atoms. The van der Waals surface area contributed by atoms with Crippen molar-refractivity contribution in [2.24, 2.45) is 0 Å². The molecule has 0 aliphatic heterocycles. The molecule has 7 nitrogen and oxygen atoms in total. The topological polar surface area (TPSA) is 90.4 Å². The van der Waals surface area contributed by atoms with E-state index in [0.29, 0.717) is 15.8 Å². The van der Waals surface area contributed by atoms with E-state index < -0.39 is 10.0 Å². The minimum Gasteiger partial charge on any atom is -0.493 e. The highest BCUT2D eigenvalue weighted by molar-refractivity contribution is 8.00. The van der Waals surface area contributed by atoms with E-state index in [1.807, 2.05) is 30.3 Å². The quantitative estimate of drug-likeness (QED) is 0.553. The Morgan fingerprint density at radius 1 is 1.04 bits per heavy atom. The third-order valence-electron chi connectivity index (χ3n) is 3.50. The number of rotatable bonds is 8. The average Bonchev–Trinajstić information content (AvgIpc) is 3.13. The molecule has 0 amide bonds. The largest absolute Gasteiger partial charge is 0.493 e. The van der Waals surface area contributed by atoms with Crippen LogP contribution in [0.5, 0.6) is 11.5 Å². The lowest BCUT2D eigenvalue weighted by Gasteiger charge is -2.10. The van der Waals surface area contributed by atoms with Crippen molar-refractivity contribution in [3.8, 4) is 11.5 Å². The number of nitrogens with zero attached hydrogens (tertiary/aromatic N) is 2. The molecule has 27 heavy (non-hydrogen) atoms.